The van der Waals surface area contributed by atoms with Crippen molar-refractivity contribution in [2.45, 2.75) is 38.3 Å². The number of benzene rings is 2. The van der Waals surface area contributed by atoms with E-state index in [-0.39, 0.29) is 33.8 Å². The molecular weight excluding hydrogens is 544 g/mol. The van der Waals surface area contributed by atoms with E-state index in [0.717, 1.165) is 6.42 Å². The van der Waals surface area contributed by atoms with Crippen molar-refractivity contribution in [1.29, 1.82) is 0 Å². The highest BCUT2D eigenvalue weighted by Crippen LogP contribution is 2.38. The van der Waals surface area contributed by atoms with Crippen molar-refractivity contribution in [3.05, 3.63) is 58.6 Å². The number of ether oxygens (including phenoxy) is 2. The number of halogens is 3. The van der Waals surface area contributed by atoms with E-state index in [4.69, 9.17) is 32.7 Å². The number of nitrogens with zero attached hydrogens (tertiary/aromatic N) is 4. The molecule has 8 nitrogen and oxygen atoms in total. The average Bonchev–Trinajstić information content (AvgIpc) is 2.92. The Kier molecular flexibility index (Phi) is 9.48. The zero-order valence-electron chi connectivity index (χ0n) is 22.4. The van der Waals surface area contributed by atoms with Gasteiger partial charge in [0, 0.05) is 49.5 Å². The van der Waals surface area contributed by atoms with Gasteiger partial charge in [-0.15, -0.1) is 0 Å². The van der Waals surface area contributed by atoms with Gasteiger partial charge in [0.05, 0.1) is 28.4 Å². The number of likely N-dealkylation sites (N-methyl/N-ethyl adjacent to an activating group) is 1. The molecule has 0 aliphatic carbocycles. The quantitative estimate of drug-likeness (QED) is 0.244. The van der Waals surface area contributed by atoms with E-state index < -0.39 is 5.82 Å². The number of carbonyl (C=O) groups excluding carboxylic acids is 1. The number of aromatic nitrogens is 2. The minimum absolute atomic E-state index is 0.0211. The predicted octanol–water partition coefficient (Wildman–Crippen LogP) is 6.09. The van der Waals surface area contributed by atoms with Gasteiger partial charge in [0.2, 0.25) is 5.91 Å². The van der Waals surface area contributed by atoms with E-state index in [0.29, 0.717) is 54.2 Å². The van der Waals surface area contributed by atoms with Crippen molar-refractivity contribution >= 4 is 51.5 Å². The van der Waals surface area contributed by atoms with Gasteiger partial charge in [0.15, 0.2) is 17.3 Å². The van der Waals surface area contributed by atoms with Gasteiger partial charge in [0.25, 0.3) is 0 Å². The minimum Gasteiger partial charge on any atom is -0.493 e. The molecule has 1 amide bonds. The number of hydrogen-bond acceptors (Lipinski definition) is 7. The molecule has 1 aromatic heterocycles. The van der Waals surface area contributed by atoms with Crippen LogP contribution in [0.25, 0.3) is 10.9 Å². The fourth-order valence-corrected chi connectivity index (χ4v) is 4.91. The number of methoxy groups -OCH3 is 1. The molecular formula is C28H32Cl2FN5O3. The lowest BCUT2D eigenvalue weighted by atomic mass is 9.97. The number of fused-ring (bicyclic) bond motifs is 1. The Morgan fingerprint density at radius 1 is 1.26 bits per heavy atom. The van der Waals surface area contributed by atoms with E-state index >= 15 is 0 Å². The van der Waals surface area contributed by atoms with Crippen LogP contribution < -0.4 is 14.8 Å². The van der Waals surface area contributed by atoms with Crippen molar-refractivity contribution in [2.75, 3.05) is 39.6 Å². The normalized spacial score (nSPS) is 17.7. The summed E-state index contributed by atoms with van der Waals surface area (Å²) in [6.07, 6.45) is 6.98. The Morgan fingerprint density at radius 3 is 2.77 bits per heavy atom. The van der Waals surface area contributed by atoms with Gasteiger partial charge < -0.3 is 24.6 Å². The van der Waals surface area contributed by atoms with Crippen molar-refractivity contribution in [1.82, 2.24) is 19.8 Å². The molecule has 2 heterocycles. The summed E-state index contributed by atoms with van der Waals surface area (Å²) in [5, 5.41) is 3.55. The Labute approximate surface area is 237 Å². The zero-order chi connectivity index (χ0) is 28.1. The molecule has 3 aromatic rings. The molecule has 1 aliphatic heterocycles. The van der Waals surface area contributed by atoms with Crippen molar-refractivity contribution in [3.8, 4) is 11.5 Å². The van der Waals surface area contributed by atoms with Crippen LogP contribution in [-0.4, -0.2) is 72.1 Å². The summed E-state index contributed by atoms with van der Waals surface area (Å²) in [7, 11) is 5.49. The maximum absolute atomic E-state index is 14.7. The summed E-state index contributed by atoms with van der Waals surface area (Å²) in [6, 6.07) is 6.61. The van der Waals surface area contributed by atoms with Gasteiger partial charge in [-0.2, -0.15) is 0 Å². The van der Waals surface area contributed by atoms with Crippen LogP contribution in [0.3, 0.4) is 0 Å². The topological polar surface area (TPSA) is 79.8 Å². The van der Waals surface area contributed by atoms with Gasteiger partial charge in [-0.1, -0.05) is 36.2 Å². The summed E-state index contributed by atoms with van der Waals surface area (Å²) < 4.78 is 26.8. The first-order valence-electron chi connectivity index (χ1n) is 12.7. The number of amides is 1. The molecule has 0 saturated carbocycles. The number of piperidine rings is 1. The molecule has 0 unspecified atom stereocenters. The summed E-state index contributed by atoms with van der Waals surface area (Å²) in [4.78, 5) is 25.4. The fraction of sp³-hybridized carbons (Fsp3) is 0.393. The Bertz CT molecular complexity index is 1370. The van der Waals surface area contributed by atoms with E-state index in [1.54, 1.807) is 25.3 Å². The van der Waals surface area contributed by atoms with E-state index in [1.807, 2.05) is 30.0 Å². The van der Waals surface area contributed by atoms with Crippen LogP contribution >= 0.6 is 23.2 Å². The molecule has 208 valence electrons. The third-order valence-electron chi connectivity index (χ3n) is 6.66. The lowest BCUT2D eigenvalue weighted by Crippen LogP contribution is -2.48. The molecule has 4 rings (SSSR count). The standard InChI is InChI=1S/C28H32Cl2FN5O3/c1-5-17-13-18(10-12-36(17)25(37)7-6-11-35(2)3)39-24-14-19-22(15-23(24)38-4)32-16-33-28(19)34-21-9-8-20(29)26(30)27(21)31/h6-9,14-18H,5,10-13H2,1-4H3,(H,32,33,34)/b7-6+/t17-,18+/m1/s1. The lowest BCUT2D eigenvalue weighted by Gasteiger charge is -2.38. The summed E-state index contributed by atoms with van der Waals surface area (Å²) in [5.41, 5.74) is 0.721. The van der Waals surface area contributed by atoms with Crippen molar-refractivity contribution in [3.63, 3.8) is 0 Å². The van der Waals surface area contributed by atoms with Crippen LogP contribution in [-0.2, 0) is 4.79 Å². The predicted molar refractivity (Wildman–Crippen MR) is 153 cm³/mol. The Hall–Kier alpha value is -3.14. The highest BCUT2D eigenvalue weighted by molar-refractivity contribution is 6.42. The monoisotopic (exact) mass is 575 g/mol. The number of nitrogens with one attached hydrogen (secondary N) is 1. The first kappa shape index (κ1) is 28.9. The van der Waals surface area contributed by atoms with Gasteiger partial charge in [-0.3, -0.25) is 4.79 Å². The van der Waals surface area contributed by atoms with Crippen LogP contribution in [0.1, 0.15) is 26.2 Å². The van der Waals surface area contributed by atoms with E-state index in [9.17, 15) is 9.18 Å². The van der Waals surface area contributed by atoms with Gasteiger partial charge in [0.1, 0.15) is 18.2 Å². The molecule has 0 radical (unpaired) electrons. The average molecular weight is 577 g/mol. The number of rotatable bonds is 9. The van der Waals surface area contributed by atoms with Crippen LogP contribution in [0.15, 0.2) is 42.7 Å². The summed E-state index contributed by atoms with van der Waals surface area (Å²) in [5.74, 6) is 0.757. The Balaban J connectivity index is 1.56. The van der Waals surface area contributed by atoms with Crippen molar-refractivity contribution < 1.29 is 18.7 Å². The molecule has 2 atom stereocenters. The molecule has 2 aromatic carbocycles. The van der Waals surface area contributed by atoms with Gasteiger partial charge >= 0.3 is 0 Å². The maximum Gasteiger partial charge on any atom is 0.246 e. The molecule has 1 saturated heterocycles. The van der Waals surface area contributed by atoms with Crippen LogP contribution in [0.4, 0.5) is 15.9 Å². The molecule has 0 spiro atoms. The van der Waals surface area contributed by atoms with E-state index in [1.165, 1.54) is 18.5 Å². The summed E-state index contributed by atoms with van der Waals surface area (Å²) in [6.45, 7) is 3.38. The molecule has 1 fully saturated rings. The second-order valence-corrected chi connectivity index (χ2v) is 10.4. The molecule has 0 bridgehead atoms. The number of hydrogen-bond donors (Lipinski definition) is 1. The number of likely N-dealkylation sites (tertiary alicyclic amines) is 1. The number of carbonyl (C=O) groups is 1. The SMILES string of the molecule is CC[C@@H]1C[C@@H](Oc2cc3c(Nc4ccc(Cl)c(Cl)c4F)ncnc3cc2OC)CCN1C(=O)/C=C/CN(C)C. The first-order chi connectivity index (χ1) is 18.7. The molecule has 1 N–H and O–H groups in total. The van der Waals surface area contributed by atoms with Crippen LogP contribution in [0.2, 0.25) is 10.0 Å². The fourth-order valence-electron chi connectivity index (χ4n) is 4.60. The van der Waals surface area contributed by atoms with Gasteiger partial charge in [-0.05, 0) is 38.7 Å². The molecule has 39 heavy (non-hydrogen) atoms. The van der Waals surface area contributed by atoms with Crippen LogP contribution in [0, 0.1) is 5.82 Å². The minimum atomic E-state index is -0.676. The third-order valence-corrected chi connectivity index (χ3v) is 7.44. The highest BCUT2D eigenvalue weighted by atomic mass is 35.5. The largest absolute Gasteiger partial charge is 0.493 e. The summed E-state index contributed by atoms with van der Waals surface area (Å²) >= 11 is 11.9. The molecule has 11 heteroatoms. The van der Waals surface area contributed by atoms with E-state index in [2.05, 4.69) is 22.2 Å². The Morgan fingerprint density at radius 2 is 2.05 bits per heavy atom. The van der Waals surface area contributed by atoms with Crippen LogP contribution in [0.5, 0.6) is 11.5 Å². The smallest absolute Gasteiger partial charge is 0.246 e. The second-order valence-electron chi connectivity index (χ2n) is 9.61. The third kappa shape index (κ3) is 6.72. The zero-order valence-corrected chi connectivity index (χ0v) is 23.9. The van der Waals surface area contributed by atoms with Crippen molar-refractivity contribution in [2.24, 2.45) is 0 Å². The highest BCUT2D eigenvalue weighted by Gasteiger charge is 2.31. The second kappa shape index (κ2) is 12.8. The van der Waals surface area contributed by atoms with Gasteiger partial charge in [-0.25, -0.2) is 14.4 Å². The first-order valence-corrected chi connectivity index (χ1v) is 13.5. The maximum atomic E-state index is 14.7. The lowest BCUT2D eigenvalue weighted by molar-refractivity contribution is -0.131. The number of anilines is 2. The molecule has 1 aliphatic rings.